The SMILES string of the molecule is CC(C)(C)OC(=O)N1CCc2nn3c(C(N)=O)c(-c4ccc(Oc5ccccc5)cc4)[nH]c3c2CC1. The van der Waals surface area contributed by atoms with Crippen LogP contribution in [-0.4, -0.2) is 50.2 Å². The van der Waals surface area contributed by atoms with Crippen molar-refractivity contribution in [2.24, 2.45) is 5.73 Å². The highest BCUT2D eigenvalue weighted by Crippen LogP contribution is 2.31. The van der Waals surface area contributed by atoms with Gasteiger partial charge >= 0.3 is 6.09 Å². The van der Waals surface area contributed by atoms with E-state index in [0.717, 1.165) is 22.6 Å². The predicted octanol–water partition coefficient (Wildman–Crippen LogP) is 4.56. The van der Waals surface area contributed by atoms with Gasteiger partial charge in [0.25, 0.3) is 5.91 Å². The lowest BCUT2D eigenvalue weighted by atomic mass is 10.1. The van der Waals surface area contributed by atoms with Crippen molar-refractivity contribution in [3.05, 3.63) is 71.5 Å². The molecule has 0 unspecified atom stereocenters. The van der Waals surface area contributed by atoms with E-state index < -0.39 is 11.5 Å². The molecule has 3 N–H and O–H groups in total. The van der Waals surface area contributed by atoms with Gasteiger partial charge in [-0.05, 0) is 63.6 Å². The summed E-state index contributed by atoms with van der Waals surface area (Å²) in [4.78, 5) is 30.1. The normalized spacial score (nSPS) is 13.8. The fraction of sp³-hybridized carbons (Fsp3) is 0.296. The first-order chi connectivity index (χ1) is 17.2. The van der Waals surface area contributed by atoms with Gasteiger partial charge in [-0.15, -0.1) is 0 Å². The third-order valence-electron chi connectivity index (χ3n) is 6.02. The Labute approximate surface area is 208 Å². The number of hydrogen-bond donors (Lipinski definition) is 2. The standard InChI is InChI=1S/C27H29N5O4/c1-27(2,3)36-26(34)31-15-13-20-21(14-16-31)30-32-23(24(28)33)22(29-25(20)32)17-9-11-19(12-10-17)35-18-7-5-4-6-8-18/h4-12,29H,13-16H2,1-3H3,(H2,28,33). The van der Waals surface area contributed by atoms with E-state index in [1.807, 2.05) is 75.4 Å². The summed E-state index contributed by atoms with van der Waals surface area (Å²) in [7, 11) is 0. The van der Waals surface area contributed by atoms with Crippen molar-refractivity contribution in [1.82, 2.24) is 19.5 Å². The van der Waals surface area contributed by atoms with E-state index in [1.165, 1.54) is 0 Å². The Morgan fingerprint density at radius 2 is 1.64 bits per heavy atom. The second kappa shape index (κ2) is 9.07. The van der Waals surface area contributed by atoms with Crippen LogP contribution in [0.1, 0.15) is 42.5 Å². The number of nitrogens with zero attached hydrogens (tertiary/aromatic N) is 3. The Morgan fingerprint density at radius 3 is 2.31 bits per heavy atom. The third-order valence-corrected chi connectivity index (χ3v) is 6.02. The number of amides is 2. The number of nitrogens with one attached hydrogen (secondary N) is 1. The number of fused-ring (bicyclic) bond motifs is 3. The Balaban J connectivity index is 1.43. The molecule has 2 aromatic heterocycles. The molecule has 0 bridgehead atoms. The summed E-state index contributed by atoms with van der Waals surface area (Å²) in [6.07, 6.45) is 0.808. The van der Waals surface area contributed by atoms with Gasteiger partial charge in [0, 0.05) is 30.6 Å². The number of aromatic nitrogens is 3. The Morgan fingerprint density at radius 1 is 0.972 bits per heavy atom. The molecule has 36 heavy (non-hydrogen) atoms. The molecule has 0 fully saturated rings. The van der Waals surface area contributed by atoms with Crippen LogP contribution in [0.4, 0.5) is 4.79 Å². The predicted molar refractivity (Wildman–Crippen MR) is 135 cm³/mol. The van der Waals surface area contributed by atoms with Gasteiger partial charge in [-0.3, -0.25) is 4.79 Å². The minimum Gasteiger partial charge on any atom is -0.457 e. The fourth-order valence-electron chi connectivity index (χ4n) is 4.39. The number of ether oxygens (including phenoxy) is 2. The first-order valence-electron chi connectivity index (χ1n) is 11.9. The number of carbonyl (C=O) groups is 2. The van der Waals surface area contributed by atoms with E-state index in [-0.39, 0.29) is 6.09 Å². The molecule has 0 radical (unpaired) electrons. The quantitative estimate of drug-likeness (QED) is 0.438. The molecule has 4 aromatic rings. The van der Waals surface area contributed by atoms with Crippen LogP contribution >= 0.6 is 0 Å². The Bertz CT molecular complexity index is 1410. The molecule has 1 aliphatic rings. The summed E-state index contributed by atoms with van der Waals surface area (Å²) in [5.74, 6) is 0.844. The summed E-state index contributed by atoms with van der Waals surface area (Å²) in [5, 5.41) is 4.70. The molecule has 5 rings (SSSR count). The van der Waals surface area contributed by atoms with Crippen molar-refractivity contribution in [3.63, 3.8) is 0 Å². The van der Waals surface area contributed by atoms with E-state index in [4.69, 9.17) is 20.3 Å². The largest absolute Gasteiger partial charge is 0.457 e. The van der Waals surface area contributed by atoms with Crippen molar-refractivity contribution in [2.75, 3.05) is 13.1 Å². The molecule has 1 aliphatic heterocycles. The average Bonchev–Trinajstić information content (AvgIpc) is 3.27. The second-order valence-electron chi connectivity index (χ2n) is 9.81. The lowest BCUT2D eigenvalue weighted by Gasteiger charge is -2.26. The maximum atomic E-state index is 12.6. The zero-order valence-electron chi connectivity index (χ0n) is 20.6. The van der Waals surface area contributed by atoms with E-state index in [9.17, 15) is 9.59 Å². The summed E-state index contributed by atoms with van der Waals surface area (Å²) in [6.45, 7) is 6.54. The first kappa shape index (κ1) is 23.5. The van der Waals surface area contributed by atoms with Crippen molar-refractivity contribution >= 4 is 17.6 Å². The summed E-state index contributed by atoms with van der Waals surface area (Å²) >= 11 is 0. The zero-order chi connectivity index (χ0) is 25.4. The highest BCUT2D eigenvalue weighted by molar-refractivity contribution is 5.98. The highest BCUT2D eigenvalue weighted by atomic mass is 16.6. The minimum absolute atomic E-state index is 0.291. The molecule has 0 atom stereocenters. The molecule has 0 spiro atoms. The van der Waals surface area contributed by atoms with Crippen molar-refractivity contribution in [3.8, 4) is 22.8 Å². The summed E-state index contributed by atoms with van der Waals surface area (Å²) in [5.41, 5.74) is 9.42. The van der Waals surface area contributed by atoms with Gasteiger partial charge in [0.15, 0.2) is 5.69 Å². The Kier molecular flexibility index (Phi) is 5.91. The molecule has 3 heterocycles. The maximum Gasteiger partial charge on any atom is 0.410 e. The van der Waals surface area contributed by atoms with Crippen LogP contribution in [0.3, 0.4) is 0 Å². The van der Waals surface area contributed by atoms with Gasteiger partial charge < -0.3 is 25.1 Å². The average molecular weight is 488 g/mol. The minimum atomic E-state index is -0.575. The molecular formula is C27H29N5O4. The molecule has 9 heteroatoms. The molecule has 0 saturated carbocycles. The molecule has 0 saturated heterocycles. The monoisotopic (exact) mass is 487 g/mol. The van der Waals surface area contributed by atoms with Crippen LogP contribution in [0.15, 0.2) is 54.6 Å². The van der Waals surface area contributed by atoms with Crippen LogP contribution in [0.2, 0.25) is 0 Å². The molecule has 186 valence electrons. The maximum absolute atomic E-state index is 12.6. The van der Waals surface area contributed by atoms with Crippen LogP contribution in [0.25, 0.3) is 16.9 Å². The van der Waals surface area contributed by atoms with Gasteiger partial charge in [-0.25, -0.2) is 9.31 Å². The van der Waals surface area contributed by atoms with Gasteiger partial charge in [-0.2, -0.15) is 5.10 Å². The van der Waals surface area contributed by atoms with Crippen molar-refractivity contribution in [2.45, 2.75) is 39.2 Å². The zero-order valence-corrected chi connectivity index (χ0v) is 20.6. The smallest absolute Gasteiger partial charge is 0.410 e. The number of hydrogen-bond acceptors (Lipinski definition) is 5. The number of para-hydroxylation sites is 1. The third kappa shape index (κ3) is 4.64. The van der Waals surface area contributed by atoms with Crippen LogP contribution in [0, 0.1) is 0 Å². The molecule has 9 nitrogen and oxygen atoms in total. The number of imidazole rings is 1. The molecule has 0 aliphatic carbocycles. The van der Waals surface area contributed by atoms with Crippen LogP contribution < -0.4 is 10.5 Å². The number of rotatable bonds is 4. The van der Waals surface area contributed by atoms with Gasteiger partial charge in [0.2, 0.25) is 0 Å². The second-order valence-corrected chi connectivity index (χ2v) is 9.81. The first-order valence-corrected chi connectivity index (χ1v) is 11.9. The van der Waals surface area contributed by atoms with E-state index in [0.29, 0.717) is 48.7 Å². The lowest BCUT2D eigenvalue weighted by molar-refractivity contribution is 0.0258. The topological polar surface area (TPSA) is 115 Å². The van der Waals surface area contributed by atoms with Gasteiger partial charge in [-0.1, -0.05) is 18.2 Å². The summed E-state index contributed by atoms with van der Waals surface area (Å²) in [6, 6.07) is 17.0. The number of primary amides is 1. The fourth-order valence-corrected chi connectivity index (χ4v) is 4.39. The van der Waals surface area contributed by atoms with Crippen molar-refractivity contribution in [1.29, 1.82) is 0 Å². The summed E-state index contributed by atoms with van der Waals surface area (Å²) < 4.78 is 13.0. The number of nitrogens with two attached hydrogens (primary N) is 1. The number of H-pyrrole nitrogens is 1. The highest BCUT2D eigenvalue weighted by Gasteiger charge is 2.29. The van der Waals surface area contributed by atoms with Gasteiger partial charge in [0.1, 0.15) is 22.7 Å². The molecular weight excluding hydrogens is 458 g/mol. The van der Waals surface area contributed by atoms with Crippen molar-refractivity contribution < 1.29 is 19.1 Å². The Hall–Kier alpha value is -4.27. The van der Waals surface area contributed by atoms with Crippen LogP contribution in [0.5, 0.6) is 11.5 Å². The van der Waals surface area contributed by atoms with Crippen LogP contribution in [-0.2, 0) is 17.6 Å². The number of aromatic amines is 1. The van der Waals surface area contributed by atoms with Gasteiger partial charge in [0.05, 0.1) is 11.4 Å². The van der Waals surface area contributed by atoms with E-state index >= 15 is 0 Å². The molecule has 2 amide bonds. The van der Waals surface area contributed by atoms with E-state index in [2.05, 4.69) is 4.98 Å². The number of benzene rings is 2. The lowest BCUT2D eigenvalue weighted by Crippen LogP contribution is -2.38. The molecule has 2 aromatic carbocycles. The number of carbonyl (C=O) groups excluding carboxylic acids is 2. The van der Waals surface area contributed by atoms with E-state index in [1.54, 1.807) is 9.42 Å².